The molecule has 0 aliphatic heterocycles. The van der Waals surface area contributed by atoms with Crippen LogP contribution in [-0.4, -0.2) is 32.5 Å². The first-order valence-electron chi connectivity index (χ1n) is 7.33. The Kier molecular flexibility index (Phi) is 9.57. The Hall–Kier alpha value is -1.97. The van der Waals surface area contributed by atoms with Crippen molar-refractivity contribution in [3.8, 4) is 0 Å². The minimum Gasteiger partial charge on any atom is -0.387 e. The molecular weight excluding hydrogens is 458 g/mol. The summed E-state index contributed by atoms with van der Waals surface area (Å²) >= 11 is 21.8. The standard InChI is InChI=1S/C8H7Cl2NO3.C8H5Cl2NO3/c2*9-4-8(12)5-1-2-6(10)7(3-5)11(13)14/h1-3,8,12H,4H2;1-3H,4H2/t8-;/m0./s1. The molecule has 0 bridgehead atoms. The first-order chi connectivity index (χ1) is 13.1. The summed E-state index contributed by atoms with van der Waals surface area (Å²) in [5, 5.41) is 30.3. The number of carbonyl (C=O) groups excluding carboxylic acids is 1. The van der Waals surface area contributed by atoms with Gasteiger partial charge >= 0.3 is 0 Å². The van der Waals surface area contributed by atoms with Gasteiger partial charge in [0.1, 0.15) is 10.0 Å². The zero-order valence-electron chi connectivity index (χ0n) is 13.9. The molecule has 0 spiro atoms. The molecule has 12 heteroatoms. The van der Waals surface area contributed by atoms with Crippen LogP contribution in [0.5, 0.6) is 0 Å². The third-order valence-corrected chi connectivity index (χ3v) is 4.46. The molecule has 0 fully saturated rings. The second kappa shape index (κ2) is 11.1. The minimum atomic E-state index is -0.910. The van der Waals surface area contributed by atoms with Crippen LogP contribution in [0.4, 0.5) is 11.4 Å². The molecule has 0 aliphatic rings. The van der Waals surface area contributed by atoms with Crippen LogP contribution in [0.1, 0.15) is 22.0 Å². The van der Waals surface area contributed by atoms with Crippen LogP contribution < -0.4 is 0 Å². The van der Waals surface area contributed by atoms with Crippen molar-refractivity contribution >= 4 is 63.6 Å². The van der Waals surface area contributed by atoms with E-state index in [4.69, 9.17) is 46.4 Å². The summed E-state index contributed by atoms with van der Waals surface area (Å²) in [6, 6.07) is 7.91. The summed E-state index contributed by atoms with van der Waals surface area (Å²) in [5.41, 5.74) is 0.0585. The lowest BCUT2D eigenvalue weighted by atomic mass is 10.1. The Balaban J connectivity index is 0.000000280. The lowest BCUT2D eigenvalue weighted by Gasteiger charge is -2.06. The van der Waals surface area contributed by atoms with E-state index in [2.05, 4.69) is 0 Å². The number of ketones is 1. The molecule has 2 rings (SSSR count). The number of rotatable bonds is 6. The van der Waals surface area contributed by atoms with Crippen molar-refractivity contribution in [3.05, 3.63) is 77.8 Å². The number of nitro groups is 2. The number of aliphatic hydroxyl groups is 1. The molecule has 0 saturated carbocycles. The van der Waals surface area contributed by atoms with E-state index in [1.54, 1.807) is 0 Å². The fraction of sp³-hybridized carbons (Fsp3) is 0.188. The monoisotopic (exact) mass is 468 g/mol. The van der Waals surface area contributed by atoms with Gasteiger partial charge in [-0.1, -0.05) is 29.3 Å². The number of aliphatic hydroxyl groups excluding tert-OH is 1. The normalized spacial score (nSPS) is 11.2. The molecule has 8 nitrogen and oxygen atoms in total. The van der Waals surface area contributed by atoms with Crippen molar-refractivity contribution < 1.29 is 19.7 Å². The molecule has 0 aromatic heterocycles. The van der Waals surface area contributed by atoms with E-state index < -0.39 is 16.0 Å². The third kappa shape index (κ3) is 6.57. The SMILES string of the molecule is O=C(CCl)c1ccc(Cl)c([N+](=O)[O-])c1.O=[N+]([O-])c1cc([C@@H](O)CCl)ccc1Cl. The van der Waals surface area contributed by atoms with Gasteiger partial charge in [0.25, 0.3) is 11.4 Å². The minimum absolute atomic E-state index is 0.00104. The molecule has 0 radical (unpaired) electrons. The zero-order valence-corrected chi connectivity index (χ0v) is 16.9. The molecule has 150 valence electrons. The number of alkyl halides is 2. The fourth-order valence-electron chi connectivity index (χ4n) is 1.87. The van der Waals surface area contributed by atoms with E-state index in [1.165, 1.54) is 30.3 Å². The van der Waals surface area contributed by atoms with Crippen LogP contribution in [0.3, 0.4) is 0 Å². The molecule has 0 heterocycles. The van der Waals surface area contributed by atoms with Crippen molar-refractivity contribution in [3.63, 3.8) is 0 Å². The molecule has 0 unspecified atom stereocenters. The number of hydrogen-bond acceptors (Lipinski definition) is 6. The van der Waals surface area contributed by atoms with Crippen LogP contribution in [0.15, 0.2) is 36.4 Å². The maximum atomic E-state index is 11.1. The van der Waals surface area contributed by atoms with Crippen molar-refractivity contribution in [1.82, 2.24) is 0 Å². The molecule has 0 aliphatic carbocycles. The van der Waals surface area contributed by atoms with Crippen LogP contribution in [0.2, 0.25) is 10.0 Å². The van der Waals surface area contributed by atoms with Crippen molar-refractivity contribution in [2.24, 2.45) is 0 Å². The highest BCUT2D eigenvalue weighted by Crippen LogP contribution is 2.28. The Morgan fingerprint density at radius 2 is 1.46 bits per heavy atom. The molecule has 1 atom stereocenters. The number of Topliss-reactive ketones (excluding diaryl/α,β-unsaturated/α-hetero) is 1. The van der Waals surface area contributed by atoms with Crippen LogP contribution in [0, 0.1) is 20.2 Å². The predicted molar refractivity (Wildman–Crippen MR) is 107 cm³/mol. The number of carbonyl (C=O) groups is 1. The summed E-state index contributed by atoms with van der Waals surface area (Å²) in [5.74, 6) is -0.594. The maximum Gasteiger partial charge on any atom is 0.288 e. The summed E-state index contributed by atoms with van der Waals surface area (Å²) < 4.78 is 0. The Labute approximate surface area is 178 Å². The average Bonchev–Trinajstić information content (AvgIpc) is 2.67. The second-order valence-corrected chi connectivity index (χ2v) is 6.51. The number of hydrogen-bond donors (Lipinski definition) is 1. The van der Waals surface area contributed by atoms with Gasteiger partial charge in [0.05, 0.1) is 27.7 Å². The summed E-state index contributed by atoms with van der Waals surface area (Å²) in [7, 11) is 0. The van der Waals surface area contributed by atoms with Crippen molar-refractivity contribution in [2.75, 3.05) is 11.8 Å². The molecule has 2 aromatic carbocycles. The van der Waals surface area contributed by atoms with E-state index in [0.717, 1.165) is 6.07 Å². The van der Waals surface area contributed by atoms with Gasteiger partial charge in [-0.3, -0.25) is 25.0 Å². The van der Waals surface area contributed by atoms with Gasteiger partial charge in [0.15, 0.2) is 5.78 Å². The average molecular weight is 470 g/mol. The molecule has 2 aromatic rings. The zero-order chi connectivity index (χ0) is 21.4. The highest BCUT2D eigenvalue weighted by Gasteiger charge is 2.16. The maximum absolute atomic E-state index is 11.1. The number of nitro benzene ring substituents is 2. The summed E-state index contributed by atoms with van der Waals surface area (Å²) in [6.07, 6.45) is -0.910. The lowest BCUT2D eigenvalue weighted by molar-refractivity contribution is -0.384. The highest BCUT2D eigenvalue weighted by molar-refractivity contribution is 6.33. The van der Waals surface area contributed by atoms with Gasteiger partial charge < -0.3 is 5.11 Å². The van der Waals surface area contributed by atoms with Gasteiger partial charge in [-0.05, 0) is 23.8 Å². The topological polar surface area (TPSA) is 124 Å². The number of halogens is 4. The van der Waals surface area contributed by atoms with Crippen LogP contribution in [0.25, 0.3) is 0 Å². The molecule has 0 saturated heterocycles. The van der Waals surface area contributed by atoms with Crippen molar-refractivity contribution in [1.29, 1.82) is 0 Å². The Bertz CT molecular complexity index is 893. The molecule has 0 amide bonds. The highest BCUT2D eigenvalue weighted by atomic mass is 35.5. The molecule has 28 heavy (non-hydrogen) atoms. The van der Waals surface area contributed by atoms with Crippen molar-refractivity contribution in [2.45, 2.75) is 6.10 Å². The van der Waals surface area contributed by atoms with Crippen LogP contribution in [-0.2, 0) is 0 Å². The smallest absolute Gasteiger partial charge is 0.288 e. The molecule has 1 N–H and O–H groups in total. The van der Waals surface area contributed by atoms with E-state index in [-0.39, 0.29) is 44.5 Å². The summed E-state index contributed by atoms with van der Waals surface area (Å²) in [4.78, 5) is 30.8. The number of nitrogens with zero attached hydrogens (tertiary/aromatic N) is 2. The van der Waals surface area contributed by atoms with E-state index in [9.17, 15) is 30.1 Å². The van der Waals surface area contributed by atoms with Gasteiger partial charge in [0, 0.05) is 17.7 Å². The van der Waals surface area contributed by atoms with Gasteiger partial charge in [-0.15, -0.1) is 23.2 Å². The Morgan fingerprint density at radius 1 is 0.964 bits per heavy atom. The second-order valence-electron chi connectivity index (χ2n) is 5.12. The quantitative estimate of drug-likeness (QED) is 0.268. The van der Waals surface area contributed by atoms with E-state index in [0.29, 0.717) is 5.56 Å². The summed E-state index contributed by atoms with van der Waals surface area (Å²) in [6.45, 7) is 0. The molecular formula is C16H12Cl4N2O6. The lowest BCUT2D eigenvalue weighted by Crippen LogP contribution is -2.01. The Morgan fingerprint density at radius 3 is 1.93 bits per heavy atom. The fourth-order valence-corrected chi connectivity index (χ4v) is 2.57. The first-order valence-corrected chi connectivity index (χ1v) is 9.15. The van der Waals surface area contributed by atoms with Crippen LogP contribution >= 0.6 is 46.4 Å². The van der Waals surface area contributed by atoms with Gasteiger partial charge in [-0.2, -0.15) is 0 Å². The third-order valence-electron chi connectivity index (χ3n) is 3.28. The van der Waals surface area contributed by atoms with Gasteiger partial charge in [0.2, 0.25) is 0 Å². The number of benzene rings is 2. The van der Waals surface area contributed by atoms with E-state index >= 15 is 0 Å². The predicted octanol–water partition coefficient (Wildman–Crippen LogP) is 5.19. The largest absolute Gasteiger partial charge is 0.387 e. The van der Waals surface area contributed by atoms with E-state index in [1.807, 2.05) is 0 Å². The first kappa shape index (κ1) is 24.1. The van der Waals surface area contributed by atoms with Gasteiger partial charge in [-0.25, -0.2) is 0 Å².